The lowest BCUT2D eigenvalue weighted by Crippen LogP contribution is -2.94. The van der Waals surface area contributed by atoms with E-state index in [4.69, 9.17) is 78.9 Å². The second kappa shape index (κ2) is 12.8. The summed E-state index contributed by atoms with van der Waals surface area (Å²) in [5.74, 6) is 26.6. The van der Waals surface area contributed by atoms with Crippen LogP contribution in [0.3, 0.4) is 0 Å². The number of hydrogen-bond donors (Lipinski definition) is 4. The maximum absolute atomic E-state index is 6.72. The van der Waals surface area contributed by atoms with E-state index >= 15 is 0 Å². The molecule has 34 atom stereocenters. The van der Waals surface area contributed by atoms with E-state index in [0.29, 0.717) is 0 Å². The van der Waals surface area contributed by atoms with Crippen molar-refractivity contribution in [1.82, 2.24) is 0 Å². The van der Waals surface area contributed by atoms with Crippen molar-refractivity contribution in [3.8, 4) is 0 Å². The molecule has 16 aliphatic carbocycles. The zero-order chi connectivity index (χ0) is 43.3. The van der Waals surface area contributed by atoms with Gasteiger partial charge in [-0.2, -0.15) is 50.5 Å². The molecular weight excluding hydrogens is 873 g/mol. The Bertz CT molecular complexity index is 1780. The first-order valence-electron chi connectivity index (χ1n) is 26.7. The summed E-state index contributed by atoms with van der Waals surface area (Å²) < 4.78 is 39.8. The summed E-state index contributed by atoms with van der Waals surface area (Å²) in [4.78, 5) is 0. The van der Waals surface area contributed by atoms with Crippen LogP contribution in [0.2, 0.25) is 0 Å². The summed E-state index contributed by atoms with van der Waals surface area (Å²) in [7, 11) is 12.3. The minimum absolute atomic E-state index is 0.227. The van der Waals surface area contributed by atoms with E-state index in [-0.39, 0.29) is 32.5 Å². The van der Waals surface area contributed by atoms with Gasteiger partial charge in [0.15, 0.2) is 0 Å². The quantitative estimate of drug-likeness (QED) is 0.0950. The monoisotopic (exact) mass is 950 g/mol. The number of rotatable bonds is 16. The van der Waals surface area contributed by atoms with Gasteiger partial charge in [0.25, 0.3) is 0 Å². The number of ether oxygens (including phenoxy) is 6. The molecule has 16 fully saturated rings. The Hall–Kier alpha value is 1.16. The van der Waals surface area contributed by atoms with Crippen LogP contribution in [-0.2, 0) is 28.4 Å². The largest absolute Gasteiger partial charge is 0.384 e. The van der Waals surface area contributed by atoms with Crippen molar-refractivity contribution in [2.24, 2.45) is 198 Å². The van der Waals surface area contributed by atoms with Gasteiger partial charge < -0.3 is 28.4 Å². The SMILES string of the molecule is COCC12[C@@H]3[C@@H]4C[C@H]([C@@H]3C1(COC)[C@@H]1[C@@H]3C[C@H]([C@@H]12)[C@@H]1[C@H]3[C@@]2(COC)[C@@H]3[C@@H]5C[C@@H]([C@H]6C(CS)C(CS)[C@@H]56)[C@@H]3[C@@]12COC)[C@@H]1[C@H]4[C@@]2(COC)[C@@H]3[C@@H]4C[C@@H]([C@H]5C(CS)C(CS)[C@@H]45)[C@@H]3[C@@]12COC. The van der Waals surface area contributed by atoms with Crippen molar-refractivity contribution in [3.05, 3.63) is 0 Å². The number of fused-ring (bicyclic) bond motifs is 47. The van der Waals surface area contributed by atoms with Crippen LogP contribution in [0.5, 0.6) is 0 Å². The fourth-order valence-electron chi connectivity index (χ4n) is 30.4. The molecule has 0 saturated heterocycles. The third-order valence-corrected chi connectivity index (χ3v) is 30.5. The molecule has 16 saturated carbocycles. The van der Waals surface area contributed by atoms with Crippen molar-refractivity contribution in [2.75, 3.05) is 105 Å². The molecule has 0 heterocycles. The van der Waals surface area contributed by atoms with E-state index in [1.807, 2.05) is 28.4 Å². The highest BCUT2D eigenvalue weighted by Crippen LogP contribution is 3.04. The predicted molar refractivity (Wildman–Crippen MR) is 257 cm³/mol. The molecule has 64 heavy (non-hydrogen) atoms. The van der Waals surface area contributed by atoms with Gasteiger partial charge in [-0.1, -0.05) is 0 Å². The lowest BCUT2D eigenvalue weighted by molar-refractivity contribution is -0.498. The van der Waals surface area contributed by atoms with Gasteiger partial charge in [0.05, 0.1) is 39.6 Å². The standard InChI is InChI=1S/C54H78O6S4/c1-55-15-49-37-21-7-22(34-30(12-62)29(11-61)33(21)34)38(37)50(49,16-56-2)42-26-9-25(41(42)49)45-46(26)54(20-60-6)48-28-10-27(47(48)53(45,54)19-59-5)43-44(28)52(18-58-4)40-24-8-23(39(40)51(43,52)17-57-3)35-31(13-63)32(14-64)36(24)35/h21-48,61-64H,7-20H2,1-6H3/t21-,22+,23+,24-,25-,26+,27+,28-,29?,30?,31?,32?,33-,34+,35+,36-,37-,38+,39+,40-,41+,42-,43-,44+,45-,46+,47+,48-,49-,50+,51+,52-,53?,54?. The minimum atomic E-state index is 0.227. The highest BCUT2D eigenvalue weighted by atomic mass is 32.1. The highest BCUT2D eigenvalue weighted by Gasteiger charge is 3.03. The first-order valence-corrected chi connectivity index (χ1v) is 29.2. The first kappa shape index (κ1) is 41.7. The molecule has 0 aliphatic heterocycles. The third kappa shape index (κ3) is 3.39. The first-order chi connectivity index (χ1) is 31.3. The summed E-state index contributed by atoms with van der Waals surface area (Å²) in [6.07, 6.45) is 5.79. The summed E-state index contributed by atoms with van der Waals surface area (Å²) in [6.45, 7) is 5.65. The molecule has 354 valence electrons. The van der Waals surface area contributed by atoms with Crippen molar-refractivity contribution in [3.63, 3.8) is 0 Å². The van der Waals surface area contributed by atoms with Crippen LogP contribution >= 0.6 is 50.5 Å². The molecule has 0 N–H and O–H groups in total. The molecule has 0 radical (unpaired) electrons. The van der Waals surface area contributed by atoms with E-state index in [1.165, 1.54) is 25.7 Å². The number of thiol groups is 4. The Morgan fingerprint density at radius 3 is 0.594 bits per heavy atom. The molecule has 0 aromatic carbocycles. The van der Waals surface area contributed by atoms with Crippen LogP contribution < -0.4 is 0 Å². The van der Waals surface area contributed by atoms with Crippen molar-refractivity contribution in [2.45, 2.75) is 25.7 Å². The molecule has 10 heteroatoms. The Balaban J connectivity index is 0.803. The van der Waals surface area contributed by atoms with Gasteiger partial charge in [-0.3, -0.25) is 0 Å². The van der Waals surface area contributed by atoms with Crippen molar-refractivity contribution in [1.29, 1.82) is 0 Å². The lowest BCUT2D eigenvalue weighted by atomic mass is 9.10. The maximum atomic E-state index is 6.72. The topological polar surface area (TPSA) is 55.4 Å². The average molecular weight is 951 g/mol. The van der Waals surface area contributed by atoms with Crippen LogP contribution in [0.25, 0.3) is 0 Å². The second-order valence-electron chi connectivity index (χ2n) is 27.1. The van der Waals surface area contributed by atoms with Crippen LogP contribution in [0.1, 0.15) is 25.7 Å². The van der Waals surface area contributed by atoms with E-state index < -0.39 is 0 Å². The molecule has 6 nitrogen and oxygen atoms in total. The average Bonchev–Trinajstić information content (AvgIpc) is 4.15. The van der Waals surface area contributed by atoms with Gasteiger partial charge in [-0.15, -0.1) is 0 Å². The maximum Gasteiger partial charge on any atom is 0.0530 e. The van der Waals surface area contributed by atoms with E-state index in [9.17, 15) is 0 Å². The smallest absolute Gasteiger partial charge is 0.0530 e. The number of hydrogen-bond acceptors (Lipinski definition) is 10. The van der Waals surface area contributed by atoms with Crippen LogP contribution in [0.15, 0.2) is 0 Å². The summed E-state index contributed by atoms with van der Waals surface area (Å²) >= 11 is 20.1. The van der Waals surface area contributed by atoms with Gasteiger partial charge in [0, 0.05) is 75.1 Å². The van der Waals surface area contributed by atoms with Crippen molar-refractivity contribution >= 4 is 50.5 Å². The van der Waals surface area contributed by atoms with E-state index in [2.05, 4.69) is 14.2 Å². The fraction of sp³-hybridized carbons (Fsp3) is 1.00. The van der Waals surface area contributed by atoms with Crippen LogP contribution in [-0.4, -0.2) is 105 Å². The highest BCUT2D eigenvalue weighted by molar-refractivity contribution is 7.80. The molecule has 0 spiro atoms. The molecular formula is C54H78O6S4. The lowest BCUT2D eigenvalue weighted by Gasteiger charge is -2.94. The molecule has 0 aromatic heterocycles. The summed E-state index contributed by atoms with van der Waals surface area (Å²) in [5.41, 5.74) is 1.51. The van der Waals surface area contributed by atoms with Gasteiger partial charge >= 0.3 is 0 Å². The molecule has 0 amide bonds. The zero-order valence-electron chi connectivity index (χ0n) is 39.3. The molecule has 8 bridgehead atoms. The normalized spacial score (nSPS) is 70.2. The fourth-order valence-corrected chi connectivity index (χ4v) is 32.5. The molecule has 16 rings (SSSR count). The minimum Gasteiger partial charge on any atom is -0.384 e. The van der Waals surface area contributed by atoms with Gasteiger partial charge in [0.2, 0.25) is 0 Å². The Morgan fingerprint density at radius 2 is 0.438 bits per heavy atom. The Kier molecular flexibility index (Phi) is 8.38. The van der Waals surface area contributed by atoms with Gasteiger partial charge in [-0.05, 0) is 214 Å². The molecule has 0 aromatic rings. The third-order valence-electron chi connectivity index (χ3n) is 28.9. The zero-order valence-corrected chi connectivity index (χ0v) is 42.9. The molecule has 6 unspecified atom stereocenters. The van der Waals surface area contributed by atoms with Crippen LogP contribution in [0, 0.1) is 198 Å². The Labute approximate surface area is 405 Å². The van der Waals surface area contributed by atoms with E-state index in [0.717, 1.165) is 228 Å². The van der Waals surface area contributed by atoms with E-state index in [1.54, 1.807) is 0 Å². The second-order valence-corrected chi connectivity index (χ2v) is 28.6. The van der Waals surface area contributed by atoms with Gasteiger partial charge in [-0.25, -0.2) is 0 Å². The van der Waals surface area contributed by atoms with Crippen LogP contribution in [0.4, 0.5) is 0 Å². The predicted octanol–water partition coefficient (Wildman–Crippen LogP) is 7.53. The molecule has 16 aliphatic rings. The summed E-state index contributed by atoms with van der Waals surface area (Å²) in [6, 6.07) is 0. The summed E-state index contributed by atoms with van der Waals surface area (Å²) in [5, 5.41) is 0. The number of methoxy groups -OCH3 is 6. The van der Waals surface area contributed by atoms with Gasteiger partial charge in [0.1, 0.15) is 0 Å². The van der Waals surface area contributed by atoms with Crippen molar-refractivity contribution < 1.29 is 28.4 Å². The Morgan fingerprint density at radius 1 is 0.281 bits per heavy atom.